The molecule has 3 aromatic rings. The molecule has 3 rings (SSSR count). The molecule has 0 bridgehead atoms. The van der Waals surface area contributed by atoms with Gasteiger partial charge in [-0.05, 0) is 6.07 Å². The highest BCUT2D eigenvalue weighted by atomic mass is 16.5. The number of oxazole rings is 1. The number of hydrogen-bond donors (Lipinski definition) is 3. The molecule has 0 radical (unpaired) electrons. The van der Waals surface area contributed by atoms with Crippen molar-refractivity contribution in [1.82, 2.24) is 20.3 Å². The van der Waals surface area contributed by atoms with Crippen molar-refractivity contribution in [2.24, 2.45) is 0 Å². The van der Waals surface area contributed by atoms with E-state index < -0.39 is 5.91 Å². The number of hydrogen-bond acceptors (Lipinski definition) is 7. The molecule has 1 aromatic carbocycles. The Labute approximate surface area is 143 Å². The van der Waals surface area contributed by atoms with Crippen LogP contribution in [0.3, 0.4) is 0 Å². The van der Waals surface area contributed by atoms with Crippen molar-refractivity contribution in [3.8, 4) is 23.1 Å². The molecule has 0 fully saturated rings. The third-order valence-electron chi connectivity index (χ3n) is 3.54. The highest BCUT2D eigenvalue weighted by Gasteiger charge is 2.17. The molecule has 0 atom stereocenters. The van der Waals surface area contributed by atoms with Gasteiger partial charge in [0.15, 0.2) is 23.0 Å². The van der Waals surface area contributed by atoms with Gasteiger partial charge in [-0.25, -0.2) is 9.97 Å². The number of nitrogen functional groups attached to an aromatic ring is 1. The molecule has 0 aliphatic carbocycles. The molecule has 0 spiro atoms. The molecule has 0 aliphatic rings. The predicted molar refractivity (Wildman–Crippen MR) is 89.2 cm³/mol. The number of carbonyl (C=O) groups excluding carboxylic acids is 1. The van der Waals surface area contributed by atoms with Crippen LogP contribution in [0.1, 0.15) is 16.1 Å². The molecule has 0 unspecified atom stereocenters. The minimum atomic E-state index is -0.391. The van der Waals surface area contributed by atoms with Gasteiger partial charge in [0.05, 0.1) is 20.5 Å². The third-order valence-corrected chi connectivity index (χ3v) is 3.54. The Balaban J connectivity index is 1.72. The molecule has 9 heteroatoms. The molecule has 0 saturated heterocycles. The third kappa shape index (κ3) is 3.25. The van der Waals surface area contributed by atoms with Crippen LogP contribution in [0.5, 0.6) is 11.5 Å². The lowest BCUT2D eigenvalue weighted by Crippen LogP contribution is -2.23. The van der Waals surface area contributed by atoms with Crippen molar-refractivity contribution >= 4 is 11.7 Å². The van der Waals surface area contributed by atoms with Crippen LogP contribution in [0.2, 0.25) is 0 Å². The number of carbonyl (C=O) groups is 1. The molecule has 9 nitrogen and oxygen atoms in total. The molecular formula is C16H17N5O4. The number of para-hydroxylation sites is 1. The van der Waals surface area contributed by atoms with Gasteiger partial charge in [-0.3, -0.25) is 4.79 Å². The first kappa shape index (κ1) is 16.4. The second-order valence-corrected chi connectivity index (χ2v) is 5.04. The van der Waals surface area contributed by atoms with E-state index in [9.17, 15) is 4.79 Å². The highest BCUT2D eigenvalue weighted by molar-refractivity contribution is 5.92. The quantitative estimate of drug-likeness (QED) is 0.620. The number of nitrogens with one attached hydrogen (secondary N) is 2. The fourth-order valence-electron chi connectivity index (χ4n) is 2.33. The first-order chi connectivity index (χ1) is 12.1. The summed E-state index contributed by atoms with van der Waals surface area (Å²) < 4.78 is 15.9. The van der Waals surface area contributed by atoms with Crippen molar-refractivity contribution < 1.29 is 18.7 Å². The molecular weight excluding hydrogens is 326 g/mol. The zero-order chi connectivity index (χ0) is 17.8. The van der Waals surface area contributed by atoms with Crippen molar-refractivity contribution in [1.29, 1.82) is 0 Å². The van der Waals surface area contributed by atoms with E-state index in [0.29, 0.717) is 17.2 Å². The first-order valence-corrected chi connectivity index (χ1v) is 7.36. The number of aromatic amines is 1. The second-order valence-electron chi connectivity index (χ2n) is 5.04. The van der Waals surface area contributed by atoms with Crippen LogP contribution in [0.4, 0.5) is 5.82 Å². The maximum absolute atomic E-state index is 12.3. The average molecular weight is 343 g/mol. The molecule has 130 valence electrons. The molecule has 2 aromatic heterocycles. The summed E-state index contributed by atoms with van der Waals surface area (Å²) in [5, 5.41) is 2.76. The van der Waals surface area contributed by atoms with Crippen molar-refractivity contribution in [3.63, 3.8) is 0 Å². The Morgan fingerprint density at radius 2 is 2.20 bits per heavy atom. The van der Waals surface area contributed by atoms with Gasteiger partial charge >= 0.3 is 0 Å². The summed E-state index contributed by atoms with van der Waals surface area (Å²) in [6, 6.07) is 5.43. The van der Waals surface area contributed by atoms with Crippen LogP contribution in [-0.4, -0.2) is 35.1 Å². The van der Waals surface area contributed by atoms with E-state index in [2.05, 4.69) is 20.3 Å². The lowest BCUT2D eigenvalue weighted by Gasteiger charge is -2.12. The first-order valence-electron chi connectivity index (χ1n) is 7.36. The van der Waals surface area contributed by atoms with Crippen LogP contribution in [0.25, 0.3) is 11.6 Å². The van der Waals surface area contributed by atoms with E-state index in [0.717, 1.165) is 5.56 Å². The van der Waals surface area contributed by atoms with Gasteiger partial charge in [-0.1, -0.05) is 12.1 Å². The number of nitrogens with two attached hydrogens (primary N) is 1. The average Bonchev–Trinajstić information content (AvgIpc) is 3.27. The number of ether oxygens (including phenoxy) is 2. The van der Waals surface area contributed by atoms with E-state index in [1.165, 1.54) is 12.6 Å². The summed E-state index contributed by atoms with van der Waals surface area (Å²) in [5.41, 5.74) is 7.01. The Hall–Kier alpha value is -3.49. The van der Waals surface area contributed by atoms with Gasteiger partial charge in [-0.15, -0.1) is 0 Å². The number of H-pyrrole nitrogens is 1. The SMILES string of the molecule is COc1cccc(CNC(=O)c2coc(-c3[nH]cnc3N)n2)c1OC. The van der Waals surface area contributed by atoms with Crippen LogP contribution in [0, 0.1) is 0 Å². The molecule has 0 aliphatic heterocycles. The number of benzene rings is 1. The Bertz CT molecular complexity index is 886. The number of aromatic nitrogens is 3. The minimum absolute atomic E-state index is 0.130. The minimum Gasteiger partial charge on any atom is -0.493 e. The number of anilines is 1. The summed E-state index contributed by atoms with van der Waals surface area (Å²) in [6.45, 7) is 0.244. The van der Waals surface area contributed by atoms with Gasteiger partial charge in [-0.2, -0.15) is 0 Å². The number of imidazole rings is 1. The summed E-state index contributed by atoms with van der Waals surface area (Å²) in [6.07, 6.45) is 2.68. The molecule has 0 saturated carbocycles. The summed E-state index contributed by atoms with van der Waals surface area (Å²) >= 11 is 0. The maximum atomic E-state index is 12.3. The predicted octanol–water partition coefficient (Wildman–Crippen LogP) is 1.59. The largest absolute Gasteiger partial charge is 0.493 e. The summed E-state index contributed by atoms with van der Waals surface area (Å²) in [7, 11) is 3.10. The van der Waals surface area contributed by atoms with Crippen molar-refractivity contribution in [3.05, 3.63) is 42.0 Å². The number of nitrogens with zero attached hydrogens (tertiary/aromatic N) is 2. The fourth-order valence-corrected chi connectivity index (χ4v) is 2.33. The zero-order valence-corrected chi connectivity index (χ0v) is 13.7. The smallest absolute Gasteiger partial charge is 0.273 e. The second kappa shape index (κ2) is 6.95. The summed E-state index contributed by atoms with van der Waals surface area (Å²) in [4.78, 5) is 23.1. The molecule has 25 heavy (non-hydrogen) atoms. The van der Waals surface area contributed by atoms with Crippen molar-refractivity contribution in [2.45, 2.75) is 6.54 Å². The highest BCUT2D eigenvalue weighted by Crippen LogP contribution is 2.30. The van der Waals surface area contributed by atoms with Gasteiger partial charge in [0.25, 0.3) is 5.91 Å². The van der Waals surface area contributed by atoms with Crippen LogP contribution >= 0.6 is 0 Å². The lowest BCUT2D eigenvalue weighted by molar-refractivity contribution is 0.0945. The van der Waals surface area contributed by atoms with E-state index in [-0.39, 0.29) is 23.9 Å². The topological polar surface area (TPSA) is 128 Å². The zero-order valence-electron chi connectivity index (χ0n) is 13.7. The number of rotatable bonds is 6. The van der Waals surface area contributed by atoms with Gasteiger partial charge in [0.2, 0.25) is 5.89 Å². The monoisotopic (exact) mass is 343 g/mol. The van der Waals surface area contributed by atoms with E-state index in [1.807, 2.05) is 12.1 Å². The Kier molecular flexibility index (Phi) is 4.55. The van der Waals surface area contributed by atoms with Crippen molar-refractivity contribution in [2.75, 3.05) is 20.0 Å². The molecule has 2 heterocycles. The lowest BCUT2D eigenvalue weighted by atomic mass is 10.2. The normalized spacial score (nSPS) is 10.5. The number of methoxy groups -OCH3 is 2. The van der Waals surface area contributed by atoms with Crippen LogP contribution in [0.15, 0.2) is 35.2 Å². The maximum Gasteiger partial charge on any atom is 0.273 e. The molecule has 1 amide bonds. The van der Waals surface area contributed by atoms with Crippen LogP contribution < -0.4 is 20.5 Å². The standard InChI is InChI=1S/C16H17N5O4/c1-23-11-5-3-4-9(13(11)24-2)6-18-15(22)10-7-25-16(21-10)12-14(17)20-8-19-12/h3-5,7-8H,6,17H2,1-2H3,(H,18,22)(H,19,20). The van der Waals surface area contributed by atoms with Gasteiger partial charge < -0.3 is 29.9 Å². The van der Waals surface area contributed by atoms with E-state index in [1.54, 1.807) is 20.3 Å². The van der Waals surface area contributed by atoms with Gasteiger partial charge in [0, 0.05) is 12.1 Å². The molecule has 4 N–H and O–H groups in total. The van der Waals surface area contributed by atoms with E-state index >= 15 is 0 Å². The van der Waals surface area contributed by atoms with E-state index in [4.69, 9.17) is 19.6 Å². The van der Waals surface area contributed by atoms with Gasteiger partial charge in [0.1, 0.15) is 12.0 Å². The number of amides is 1. The summed E-state index contributed by atoms with van der Waals surface area (Å²) in [5.74, 6) is 1.20. The fraction of sp³-hybridized carbons (Fsp3) is 0.188. The Morgan fingerprint density at radius 1 is 1.36 bits per heavy atom. The Morgan fingerprint density at radius 3 is 2.88 bits per heavy atom. The van der Waals surface area contributed by atoms with Crippen LogP contribution in [-0.2, 0) is 6.54 Å².